The molecule has 4 aromatic rings. The van der Waals surface area contributed by atoms with E-state index in [0.717, 1.165) is 10.0 Å². The molecule has 0 unspecified atom stereocenters. The molecule has 0 saturated carbocycles. The fourth-order valence-corrected chi connectivity index (χ4v) is 3.81. The number of halogens is 1. The Balaban J connectivity index is 1.72. The molecule has 0 atom stereocenters. The van der Waals surface area contributed by atoms with Crippen molar-refractivity contribution in [2.45, 2.75) is 26.9 Å². The topological polar surface area (TPSA) is 65.7 Å². The zero-order valence-corrected chi connectivity index (χ0v) is 20.3. The maximum Gasteiger partial charge on any atom is 0.282 e. The second kappa shape index (κ2) is 10.0. The summed E-state index contributed by atoms with van der Waals surface area (Å²) in [6, 6.07) is 19.2. The van der Waals surface area contributed by atoms with Crippen molar-refractivity contribution in [3.8, 4) is 11.5 Å². The summed E-state index contributed by atoms with van der Waals surface area (Å²) in [6.45, 7) is 4.37. The Morgan fingerprint density at radius 1 is 1.12 bits per heavy atom. The number of aromatic nitrogens is 2. The second-order valence-corrected chi connectivity index (χ2v) is 8.47. The minimum Gasteiger partial charge on any atom is -0.493 e. The molecule has 0 aliphatic rings. The first-order valence-electron chi connectivity index (χ1n) is 10.6. The first-order valence-corrected chi connectivity index (χ1v) is 11.4. The van der Waals surface area contributed by atoms with Crippen molar-refractivity contribution in [3.05, 3.63) is 98.0 Å². The quantitative estimate of drug-likeness (QED) is 0.311. The van der Waals surface area contributed by atoms with E-state index in [2.05, 4.69) is 26.0 Å². The van der Waals surface area contributed by atoms with E-state index in [1.807, 2.05) is 68.4 Å². The molecule has 0 bridgehead atoms. The van der Waals surface area contributed by atoms with Gasteiger partial charge < -0.3 is 9.47 Å². The zero-order valence-electron chi connectivity index (χ0n) is 18.7. The summed E-state index contributed by atoms with van der Waals surface area (Å²) in [7, 11) is 1.60. The number of benzene rings is 3. The summed E-state index contributed by atoms with van der Waals surface area (Å²) >= 11 is 3.42. The lowest BCUT2D eigenvalue weighted by atomic mass is 10.1. The van der Waals surface area contributed by atoms with Crippen molar-refractivity contribution in [2.24, 2.45) is 5.10 Å². The molecule has 0 aliphatic heterocycles. The van der Waals surface area contributed by atoms with Crippen LogP contribution in [0.2, 0.25) is 0 Å². The van der Waals surface area contributed by atoms with Gasteiger partial charge in [0.25, 0.3) is 5.56 Å². The maximum absolute atomic E-state index is 13.2. The largest absolute Gasteiger partial charge is 0.493 e. The number of nitrogens with zero attached hydrogens (tertiary/aromatic N) is 3. The van der Waals surface area contributed by atoms with E-state index >= 15 is 0 Å². The molecular weight excluding hydrogens is 482 g/mol. The molecule has 4 rings (SSSR count). The van der Waals surface area contributed by atoms with Crippen molar-refractivity contribution in [3.63, 3.8) is 0 Å². The summed E-state index contributed by atoms with van der Waals surface area (Å²) in [5, 5.41) is 5.00. The van der Waals surface area contributed by atoms with Gasteiger partial charge in [0.15, 0.2) is 11.5 Å². The van der Waals surface area contributed by atoms with Crippen LogP contribution >= 0.6 is 15.9 Å². The van der Waals surface area contributed by atoms with Gasteiger partial charge in [-0.25, -0.2) is 4.98 Å². The summed E-state index contributed by atoms with van der Waals surface area (Å²) in [5.41, 5.74) is 3.36. The third-order valence-corrected chi connectivity index (χ3v) is 5.73. The van der Waals surface area contributed by atoms with Crippen molar-refractivity contribution in [1.82, 2.24) is 9.66 Å². The van der Waals surface area contributed by atoms with E-state index in [1.54, 1.807) is 19.4 Å². The average Bonchev–Trinajstić information content (AvgIpc) is 2.83. The fourth-order valence-electron chi connectivity index (χ4n) is 3.45. The Hall–Kier alpha value is -3.45. The summed E-state index contributed by atoms with van der Waals surface area (Å²) in [4.78, 5) is 17.8. The minimum atomic E-state index is -0.223. The third-order valence-electron chi connectivity index (χ3n) is 5.24. The van der Waals surface area contributed by atoms with Crippen molar-refractivity contribution in [1.29, 1.82) is 0 Å². The second-order valence-electron chi connectivity index (χ2n) is 7.56. The van der Waals surface area contributed by atoms with Gasteiger partial charge in [-0.3, -0.25) is 4.79 Å². The van der Waals surface area contributed by atoms with Crippen LogP contribution in [0.4, 0.5) is 0 Å². The van der Waals surface area contributed by atoms with E-state index < -0.39 is 0 Å². The van der Waals surface area contributed by atoms with E-state index in [1.165, 1.54) is 10.2 Å². The minimum absolute atomic E-state index is 0.223. The molecule has 0 radical (unpaired) electrons. The lowest BCUT2D eigenvalue weighted by molar-refractivity contribution is 0.284. The SMILES string of the molecule is CCc1nc2ccc(Br)cc2c(=O)n1N=Cc1cccc(OC)c1OCc1ccc(C)cc1. The summed E-state index contributed by atoms with van der Waals surface area (Å²) in [6.07, 6.45) is 2.17. The number of para-hydroxylation sites is 1. The van der Waals surface area contributed by atoms with Crippen LogP contribution in [0.25, 0.3) is 10.9 Å². The Labute approximate surface area is 200 Å². The first kappa shape index (κ1) is 22.7. The van der Waals surface area contributed by atoms with Crippen LogP contribution in [0.15, 0.2) is 75.0 Å². The van der Waals surface area contributed by atoms with Gasteiger partial charge in [0.05, 0.1) is 24.2 Å². The van der Waals surface area contributed by atoms with Gasteiger partial charge in [-0.15, -0.1) is 0 Å². The first-order chi connectivity index (χ1) is 16.0. The highest BCUT2D eigenvalue weighted by molar-refractivity contribution is 9.10. The molecule has 1 aromatic heterocycles. The summed E-state index contributed by atoms with van der Waals surface area (Å²) in [5.74, 6) is 1.73. The van der Waals surface area contributed by atoms with Crippen LogP contribution in [-0.4, -0.2) is 23.0 Å². The van der Waals surface area contributed by atoms with Gasteiger partial charge in [0.1, 0.15) is 12.4 Å². The standard InChI is InChI=1S/C26H24BrN3O3/c1-4-24-29-22-13-12-20(27)14-21(22)26(31)30(24)28-15-19-6-5-7-23(32-3)25(19)33-16-18-10-8-17(2)9-11-18/h5-15H,4,16H2,1-3H3. The van der Waals surface area contributed by atoms with E-state index in [-0.39, 0.29) is 5.56 Å². The fraction of sp³-hybridized carbons (Fsp3) is 0.192. The normalized spacial score (nSPS) is 11.3. The average molecular weight is 506 g/mol. The van der Waals surface area contributed by atoms with Crippen LogP contribution in [-0.2, 0) is 13.0 Å². The van der Waals surface area contributed by atoms with Gasteiger partial charge in [-0.2, -0.15) is 9.78 Å². The van der Waals surface area contributed by atoms with E-state index in [9.17, 15) is 4.79 Å². The van der Waals surface area contributed by atoms with Crippen LogP contribution in [0, 0.1) is 6.92 Å². The van der Waals surface area contributed by atoms with Crippen LogP contribution < -0.4 is 15.0 Å². The van der Waals surface area contributed by atoms with Crippen molar-refractivity contribution < 1.29 is 9.47 Å². The predicted molar refractivity (Wildman–Crippen MR) is 135 cm³/mol. The smallest absolute Gasteiger partial charge is 0.282 e. The molecule has 0 amide bonds. The molecule has 6 nitrogen and oxygen atoms in total. The number of aryl methyl sites for hydroxylation is 2. The van der Waals surface area contributed by atoms with Gasteiger partial charge in [-0.1, -0.05) is 58.7 Å². The number of rotatable bonds is 7. The molecular formula is C26H24BrN3O3. The van der Waals surface area contributed by atoms with E-state index in [0.29, 0.717) is 46.8 Å². The highest BCUT2D eigenvalue weighted by atomic mass is 79.9. The molecule has 0 saturated heterocycles. The Morgan fingerprint density at radius 3 is 2.64 bits per heavy atom. The Bertz CT molecular complexity index is 1380. The van der Waals surface area contributed by atoms with Crippen LogP contribution in [0.5, 0.6) is 11.5 Å². The number of ether oxygens (including phenoxy) is 2. The van der Waals surface area contributed by atoms with Crippen LogP contribution in [0.3, 0.4) is 0 Å². The lowest BCUT2D eigenvalue weighted by Gasteiger charge is -2.14. The zero-order chi connectivity index (χ0) is 23.4. The van der Waals surface area contributed by atoms with Gasteiger partial charge in [0, 0.05) is 16.5 Å². The number of fused-ring (bicyclic) bond motifs is 1. The van der Waals surface area contributed by atoms with Crippen LogP contribution in [0.1, 0.15) is 29.4 Å². The molecule has 33 heavy (non-hydrogen) atoms. The molecule has 168 valence electrons. The maximum atomic E-state index is 13.2. The van der Waals surface area contributed by atoms with Gasteiger partial charge >= 0.3 is 0 Å². The Kier molecular flexibility index (Phi) is 6.89. The summed E-state index contributed by atoms with van der Waals surface area (Å²) < 4.78 is 13.8. The molecule has 0 N–H and O–H groups in total. The number of methoxy groups -OCH3 is 1. The highest BCUT2D eigenvalue weighted by Gasteiger charge is 2.12. The van der Waals surface area contributed by atoms with Gasteiger partial charge in [0.2, 0.25) is 0 Å². The molecule has 1 heterocycles. The van der Waals surface area contributed by atoms with Crippen molar-refractivity contribution >= 4 is 33.0 Å². The van der Waals surface area contributed by atoms with E-state index in [4.69, 9.17) is 9.47 Å². The Morgan fingerprint density at radius 2 is 1.91 bits per heavy atom. The molecule has 7 heteroatoms. The lowest BCUT2D eigenvalue weighted by Crippen LogP contribution is -2.22. The third kappa shape index (κ3) is 4.98. The monoisotopic (exact) mass is 505 g/mol. The predicted octanol–water partition coefficient (Wildman–Crippen LogP) is 5.50. The molecule has 0 aliphatic carbocycles. The van der Waals surface area contributed by atoms with Gasteiger partial charge in [-0.05, 0) is 42.8 Å². The number of hydrogen-bond acceptors (Lipinski definition) is 5. The number of hydrogen-bond donors (Lipinski definition) is 0. The van der Waals surface area contributed by atoms with Crippen molar-refractivity contribution in [2.75, 3.05) is 7.11 Å². The highest BCUT2D eigenvalue weighted by Crippen LogP contribution is 2.31. The molecule has 0 fully saturated rings. The molecule has 0 spiro atoms. The molecule has 3 aromatic carbocycles.